The SMILES string of the molecule is CCNC(CO)CN1CCCC(C)C1C. The van der Waals surface area contributed by atoms with Gasteiger partial charge in [0.15, 0.2) is 0 Å². The molecule has 0 bridgehead atoms. The Balaban J connectivity index is 2.40. The lowest BCUT2D eigenvalue weighted by atomic mass is 9.92. The van der Waals surface area contributed by atoms with Gasteiger partial charge in [0.25, 0.3) is 0 Å². The summed E-state index contributed by atoms with van der Waals surface area (Å²) in [5.41, 5.74) is 0. The van der Waals surface area contributed by atoms with Crippen LogP contribution < -0.4 is 5.32 Å². The molecule has 0 aliphatic carbocycles. The van der Waals surface area contributed by atoms with E-state index in [9.17, 15) is 5.11 Å². The van der Waals surface area contributed by atoms with Crippen molar-refractivity contribution in [1.82, 2.24) is 10.2 Å². The standard InChI is InChI=1S/C12H26N2O/c1-4-13-12(9-15)8-14-7-5-6-10(2)11(14)3/h10-13,15H,4-9H2,1-3H3. The van der Waals surface area contributed by atoms with E-state index in [1.807, 2.05) is 0 Å². The summed E-state index contributed by atoms with van der Waals surface area (Å²) in [6.45, 7) is 10.1. The third-order valence-corrected chi connectivity index (χ3v) is 3.67. The summed E-state index contributed by atoms with van der Waals surface area (Å²) in [5, 5.41) is 12.6. The third-order valence-electron chi connectivity index (χ3n) is 3.67. The highest BCUT2D eigenvalue weighted by Gasteiger charge is 2.25. The van der Waals surface area contributed by atoms with Crippen molar-refractivity contribution < 1.29 is 5.11 Å². The first kappa shape index (κ1) is 12.9. The van der Waals surface area contributed by atoms with Crippen molar-refractivity contribution in [3.63, 3.8) is 0 Å². The molecule has 0 spiro atoms. The van der Waals surface area contributed by atoms with E-state index in [1.165, 1.54) is 19.4 Å². The van der Waals surface area contributed by atoms with Crippen LogP contribution in [0.3, 0.4) is 0 Å². The normalized spacial score (nSPS) is 30.4. The van der Waals surface area contributed by atoms with Crippen molar-refractivity contribution in [2.75, 3.05) is 26.2 Å². The Morgan fingerprint density at radius 3 is 2.80 bits per heavy atom. The molecule has 90 valence electrons. The number of hydrogen-bond donors (Lipinski definition) is 2. The number of likely N-dealkylation sites (N-methyl/N-ethyl adjacent to an activating group) is 1. The average molecular weight is 214 g/mol. The van der Waals surface area contributed by atoms with Crippen LogP contribution in [-0.4, -0.2) is 48.3 Å². The van der Waals surface area contributed by atoms with Gasteiger partial charge in [-0.1, -0.05) is 13.8 Å². The number of rotatable bonds is 5. The van der Waals surface area contributed by atoms with Crippen molar-refractivity contribution in [2.24, 2.45) is 5.92 Å². The van der Waals surface area contributed by atoms with Crippen molar-refractivity contribution >= 4 is 0 Å². The third kappa shape index (κ3) is 3.74. The minimum Gasteiger partial charge on any atom is -0.395 e. The summed E-state index contributed by atoms with van der Waals surface area (Å²) in [7, 11) is 0. The molecule has 0 aromatic rings. The van der Waals surface area contributed by atoms with E-state index in [4.69, 9.17) is 0 Å². The molecular weight excluding hydrogens is 188 g/mol. The molecule has 3 nitrogen and oxygen atoms in total. The summed E-state index contributed by atoms with van der Waals surface area (Å²) < 4.78 is 0. The summed E-state index contributed by atoms with van der Waals surface area (Å²) in [4.78, 5) is 2.51. The quantitative estimate of drug-likeness (QED) is 0.719. The van der Waals surface area contributed by atoms with Crippen LogP contribution >= 0.6 is 0 Å². The van der Waals surface area contributed by atoms with Gasteiger partial charge in [0.2, 0.25) is 0 Å². The topological polar surface area (TPSA) is 35.5 Å². The van der Waals surface area contributed by atoms with Gasteiger partial charge in [-0.15, -0.1) is 0 Å². The van der Waals surface area contributed by atoms with Crippen LogP contribution in [0.2, 0.25) is 0 Å². The Labute approximate surface area is 93.9 Å². The first-order chi connectivity index (χ1) is 7.19. The highest BCUT2D eigenvalue weighted by molar-refractivity contribution is 4.81. The van der Waals surface area contributed by atoms with Gasteiger partial charge in [0, 0.05) is 18.6 Å². The maximum absolute atomic E-state index is 9.25. The minimum absolute atomic E-state index is 0.239. The number of aliphatic hydroxyl groups excluding tert-OH is 1. The molecular formula is C12H26N2O. The first-order valence-corrected chi connectivity index (χ1v) is 6.27. The van der Waals surface area contributed by atoms with Crippen LogP contribution in [0.4, 0.5) is 0 Å². The van der Waals surface area contributed by atoms with Crippen LogP contribution in [0.25, 0.3) is 0 Å². The lowest BCUT2D eigenvalue weighted by Gasteiger charge is -2.39. The van der Waals surface area contributed by atoms with E-state index >= 15 is 0 Å². The highest BCUT2D eigenvalue weighted by atomic mass is 16.3. The maximum atomic E-state index is 9.25. The van der Waals surface area contributed by atoms with Gasteiger partial charge in [-0.25, -0.2) is 0 Å². The molecule has 3 unspecified atom stereocenters. The molecule has 2 N–H and O–H groups in total. The van der Waals surface area contributed by atoms with Gasteiger partial charge >= 0.3 is 0 Å². The van der Waals surface area contributed by atoms with Gasteiger partial charge in [0.05, 0.1) is 6.61 Å². The predicted molar refractivity (Wildman–Crippen MR) is 64.0 cm³/mol. The van der Waals surface area contributed by atoms with Crippen molar-refractivity contribution in [1.29, 1.82) is 0 Å². The largest absolute Gasteiger partial charge is 0.395 e. The Morgan fingerprint density at radius 2 is 2.20 bits per heavy atom. The molecule has 0 aromatic heterocycles. The molecule has 1 aliphatic rings. The second kappa shape index (κ2) is 6.46. The molecule has 3 atom stereocenters. The van der Waals surface area contributed by atoms with Crippen molar-refractivity contribution in [3.8, 4) is 0 Å². The minimum atomic E-state index is 0.239. The van der Waals surface area contributed by atoms with Crippen LogP contribution in [0, 0.1) is 5.92 Å². The van der Waals surface area contributed by atoms with E-state index in [0.717, 1.165) is 19.0 Å². The average Bonchev–Trinajstić information content (AvgIpc) is 2.24. The smallest absolute Gasteiger partial charge is 0.0597 e. The Hall–Kier alpha value is -0.120. The summed E-state index contributed by atoms with van der Waals surface area (Å²) in [6.07, 6.45) is 2.65. The van der Waals surface area contributed by atoms with E-state index in [0.29, 0.717) is 6.04 Å². The maximum Gasteiger partial charge on any atom is 0.0597 e. The summed E-state index contributed by atoms with van der Waals surface area (Å²) >= 11 is 0. The van der Waals surface area contributed by atoms with E-state index in [2.05, 4.69) is 31.0 Å². The molecule has 15 heavy (non-hydrogen) atoms. The number of likely N-dealkylation sites (tertiary alicyclic amines) is 1. The van der Waals surface area contributed by atoms with Gasteiger partial charge < -0.3 is 10.4 Å². The molecule has 1 aliphatic heterocycles. The van der Waals surface area contributed by atoms with Crippen LogP contribution in [0.1, 0.15) is 33.6 Å². The van der Waals surface area contributed by atoms with E-state index in [-0.39, 0.29) is 12.6 Å². The lowest BCUT2D eigenvalue weighted by Crippen LogP contribution is -2.50. The molecule has 0 amide bonds. The van der Waals surface area contributed by atoms with E-state index in [1.54, 1.807) is 0 Å². The Morgan fingerprint density at radius 1 is 1.47 bits per heavy atom. The zero-order valence-electron chi connectivity index (χ0n) is 10.4. The van der Waals surface area contributed by atoms with Gasteiger partial charge in [-0.2, -0.15) is 0 Å². The fourth-order valence-corrected chi connectivity index (χ4v) is 2.44. The second-order valence-electron chi connectivity index (χ2n) is 4.79. The number of nitrogens with zero attached hydrogens (tertiary/aromatic N) is 1. The molecule has 1 fully saturated rings. The van der Waals surface area contributed by atoms with Crippen molar-refractivity contribution in [2.45, 2.75) is 45.7 Å². The number of nitrogens with one attached hydrogen (secondary N) is 1. The molecule has 0 saturated carbocycles. The second-order valence-corrected chi connectivity index (χ2v) is 4.79. The van der Waals surface area contributed by atoms with Crippen molar-refractivity contribution in [3.05, 3.63) is 0 Å². The molecule has 3 heteroatoms. The molecule has 1 heterocycles. The van der Waals surface area contributed by atoms with Crippen LogP contribution in [-0.2, 0) is 0 Å². The fourth-order valence-electron chi connectivity index (χ4n) is 2.44. The van der Waals surface area contributed by atoms with Crippen LogP contribution in [0.15, 0.2) is 0 Å². The number of piperidine rings is 1. The Kier molecular flexibility index (Phi) is 5.58. The van der Waals surface area contributed by atoms with E-state index < -0.39 is 0 Å². The summed E-state index contributed by atoms with van der Waals surface area (Å²) in [5.74, 6) is 0.791. The van der Waals surface area contributed by atoms with Gasteiger partial charge in [0.1, 0.15) is 0 Å². The molecule has 0 aromatic carbocycles. The Bertz CT molecular complexity index is 175. The number of hydrogen-bond acceptors (Lipinski definition) is 3. The zero-order chi connectivity index (χ0) is 11.3. The molecule has 1 rings (SSSR count). The van der Waals surface area contributed by atoms with Crippen LogP contribution in [0.5, 0.6) is 0 Å². The molecule has 0 radical (unpaired) electrons. The highest BCUT2D eigenvalue weighted by Crippen LogP contribution is 2.22. The fraction of sp³-hybridized carbons (Fsp3) is 1.00. The number of aliphatic hydroxyl groups is 1. The monoisotopic (exact) mass is 214 g/mol. The lowest BCUT2D eigenvalue weighted by molar-refractivity contribution is 0.0892. The first-order valence-electron chi connectivity index (χ1n) is 6.27. The summed E-state index contributed by atoms with van der Waals surface area (Å²) in [6, 6.07) is 0.897. The van der Waals surface area contributed by atoms with Gasteiger partial charge in [-0.3, -0.25) is 4.90 Å². The zero-order valence-corrected chi connectivity index (χ0v) is 10.4. The van der Waals surface area contributed by atoms with Gasteiger partial charge in [-0.05, 0) is 38.8 Å². The predicted octanol–water partition coefficient (Wildman–Crippen LogP) is 1.08. The molecule has 1 saturated heterocycles.